The predicted octanol–water partition coefficient (Wildman–Crippen LogP) is 8.25. The SMILES string of the molecule is Cn1c(-c2ccccn2)cc2cc3ccc4c5cc6c(cc(-c7ccccn7)n6C)cc5ccc4c3cc21. The third-order valence-electron chi connectivity index (χ3n) is 8.01. The highest BCUT2D eigenvalue weighted by molar-refractivity contribution is 6.20. The summed E-state index contributed by atoms with van der Waals surface area (Å²) in [6, 6.07) is 35.0. The zero-order valence-electron chi connectivity index (χ0n) is 21.2. The summed E-state index contributed by atoms with van der Waals surface area (Å²) in [5.41, 5.74) is 6.65. The number of hydrogen-bond acceptors (Lipinski definition) is 2. The summed E-state index contributed by atoms with van der Waals surface area (Å²) in [7, 11) is 4.26. The average molecular weight is 489 g/mol. The van der Waals surface area contributed by atoms with Crippen LogP contribution >= 0.6 is 0 Å². The van der Waals surface area contributed by atoms with E-state index < -0.39 is 0 Å². The van der Waals surface area contributed by atoms with Gasteiger partial charge in [0.2, 0.25) is 0 Å². The lowest BCUT2D eigenvalue weighted by atomic mass is 9.95. The maximum Gasteiger partial charge on any atom is 0.0866 e. The molecule has 8 rings (SSSR count). The molecule has 0 fully saturated rings. The summed E-state index contributed by atoms with van der Waals surface area (Å²) in [5, 5.41) is 10.0. The van der Waals surface area contributed by atoms with Crippen molar-refractivity contribution >= 4 is 54.1 Å². The Bertz CT molecular complexity index is 2030. The Morgan fingerprint density at radius 2 is 0.921 bits per heavy atom. The van der Waals surface area contributed by atoms with Crippen LogP contribution in [0.5, 0.6) is 0 Å². The number of hydrogen-bond donors (Lipinski definition) is 0. The minimum Gasteiger partial charge on any atom is -0.342 e. The Kier molecular flexibility index (Phi) is 4.32. The second-order valence-electron chi connectivity index (χ2n) is 10.1. The molecule has 0 N–H and O–H groups in total. The molecular formula is C34H24N4. The summed E-state index contributed by atoms with van der Waals surface area (Å²) < 4.78 is 4.51. The quantitative estimate of drug-likeness (QED) is 0.230. The monoisotopic (exact) mass is 488 g/mol. The van der Waals surface area contributed by atoms with Gasteiger partial charge in [-0.25, -0.2) is 0 Å². The standard InChI is InChI=1S/C34H24N4/c1-37-31-19-27-21(15-23(31)17-33(37)29-7-3-5-13-35-29)9-12-26-25(27)11-10-22-16-24-18-34(30-8-4-6-14-36-30)38(2)32(24)20-28(22)26/h3-20H,1-2H3. The van der Waals surface area contributed by atoms with Crippen molar-refractivity contribution in [2.24, 2.45) is 14.1 Å². The van der Waals surface area contributed by atoms with Crippen LogP contribution < -0.4 is 0 Å². The van der Waals surface area contributed by atoms with Gasteiger partial charge in [0, 0.05) is 48.3 Å². The molecule has 0 saturated carbocycles. The fraction of sp³-hybridized carbons (Fsp3) is 0.0588. The Morgan fingerprint density at radius 3 is 1.34 bits per heavy atom. The highest BCUT2D eigenvalue weighted by Gasteiger charge is 2.14. The van der Waals surface area contributed by atoms with E-state index in [1.54, 1.807) is 0 Å². The molecule has 0 bridgehead atoms. The van der Waals surface area contributed by atoms with E-state index in [0.29, 0.717) is 0 Å². The van der Waals surface area contributed by atoms with Crippen LogP contribution in [0.2, 0.25) is 0 Å². The molecule has 0 saturated heterocycles. The molecule has 0 aliphatic rings. The number of pyridine rings is 2. The van der Waals surface area contributed by atoms with Gasteiger partial charge < -0.3 is 9.13 Å². The highest BCUT2D eigenvalue weighted by Crippen LogP contribution is 2.37. The second kappa shape index (κ2) is 7.77. The molecule has 4 nitrogen and oxygen atoms in total. The molecule has 8 aromatic rings. The van der Waals surface area contributed by atoms with E-state index in [1.807, 2.05) is 36.7 Å². The number of aryl methyl sites for hydroxylation is 2. The minimum atomic E-state index is 0.989. The van der Waals surface area contributed by atoms with E-state index in [1.165, 1.54) is 54.1 Å². The number of benzene rings is 4. The third-order valence-corrected chi connectivity index (χ3v) is 8.01. The average Bonchev–Trinajstić information content (AvgIpc) is 3.47. The zero-order chi connectivity index (χ0) is 25.4. The number of fused-ring (bicyclic) bond motifs is 7. The van der Waals surface area contributed by atoms with Crippen LogP contribution in [0.3, 0.4) is 0 Å². The molecule has 0 atom stereocenters. The Morgan fingerprint density at radius 1 is 0.447 bits per heavy atom. The fourth-order valence-corrected chi connectivity index (χ4v) is 6.06. The van der Waals surface area contributed by atoms with Gasteiger partial charge in [-0.2, -0.15) is 0 Å². The largest absolute Gasteiger partial charge is 0.342 e. The first-order chi connectivity index (χ1) is 18.7. The fourth-order valence-electron chi connectivity index (χ4n) is 6.06. The molecule has 0 spiro atoms. The smallest absolute Gasteiger partial charge is 0.0866 e. The van der Waals surface area contributed by atoms with E-state index in [4.69, 9.17) is 0 Å². The van der Waals surface area contributed by atoms with E-state index >= 15 is 0 Å². The van der Waals surface area contributed by atoms with Crippen molar-refractivity contribution in [2.45, 2.75) is 0 Å². The minimum absolute atomic E-state index is 0.989. The zero-order valence-corrected chi connectivity index (χ0v) is 21.2. The van der Waals surface area contributed by atoms with Gasteiger partial charge in [0.1, 0.15) is 0 Å². The van der Waals surface area contributed by atoms with Crippen LogP contribution in [0.25, 0.3) is 76.9 Å². The van der Waals surface area contributed by atoms with E-state index in [9.17, 15) is 0 Å². The number of aromatic nitrogens is 4. The van der Waals surface area contributed by atoms with E-state index in [-0.39, 0.29) is 0 Å². The van der Waals surface area contributed by atoms with Crippen LogP contribution in [-0.2, 0) is 14.1 Å². The molecule has 0 unspecified atom stereocenters. The normalized spacial score (nSPS) is 11.9. The number of rotatable bonds is 2. The Balaban J connectivity index is 1.38. The van der Waals surface area contributed by atoms with Gasteiger partial charge in [0.15, 0.2) is 0 Å². The van der Waals surface area contributed by atoms with Crippen LogP contribution in [0, 0.1) is 0 Å². The van der Waals surface area contributed by atoms with Crippen molar-refractivity contribution in [1.29, 1.82) is 0 Å². The van der Waals surface area contributed by atoms with Crippen LogP contribution in [0.4, 0.5) is 0 Å². The van der Waals surface area contributed by atoms with Crippen molar-refractivity contribution in [2.75, 3.05) is 0 Å². The van der Waals surface area contributed by atoms with Crippen molar-refractivity contribution in [3.8, 4) is 22.8 Å². The maximum absolute atomic E-state index is 4.58. The molecule has 0 amide bonds. The Hall–Kier alpha value is -4.96. The molecule has 4 aromatic carbocycles. The lowest BCUT2D eigenvalue weighted by molar-refractivity contribution is 0.971. The van der Waals surface area contributed by atoms with Gasteiger partial charge in [0.05, 0.1) is 22.8 Å². The first-order valence-electron chi connectivity index (χ1n) is 12.9. The van der Waals surface area contributed by atoms with Crippen LogP contribution in [-0.4, -0.2) is 19.1 Å². The molecule has 4 heteroatoms. The van der Waals surface area contributed by atoms with Gasteiger partial charge in [-0.3, -0.25) is 9.97 Å². The Labute approximate surface area is 219 Å². The second-order valence-corrected chi connectivity index (χ2v) is 10.1. The van der Waals surface area contributed by atoms with E-state index in [0.717, 1.165) is 22.8 Å². The van der Waals surface area contributed by atoms with Gasteiger partial charge in [-0.15, -0.1) is 0 Å². The molecule has 180 valence electrons. The van der Waals surface area contributed by atoms with Crippen molar-refractivity contribution < 1.29 is 0 Å². The molecule has 4 heterocycles. The first-order valence-corrected chi connectivity index (χ1v) is 12.9. The highest BCUT2D eigenvalue weighted by atomic mass is 15.0. The molecule has 0 aliphatic carbocycles. The predicted molar refractivity (Wildman–Crippen MR) is 158 cm³/mol. The molecular weight excluding hydrogens is 464 g/mol. The third kappa shape index (κ3) is 2.97. The topological polar surface area (TPSA) is 35.6 Å². The van der Waals surface area contributed by atoms with Crippen molar-refractivity contribution in [3.05, 3.63) is 109 Å². The lowest BCUT2D eigenvalue weighted by Gasteiger charge is -2.10. The summed E-state index contributed by atoms with van der Waals surface area (Å²) >= 11 is 0. The first kappa shape index (κ1) is 21.2. The molecule has 0 aliphatic heterocycles. The lowest BCUT2D eigenvalue weighted by Crippen LogP contribution is -1.93. The van der Waals surface area contributed by atoms with Crippen LogP contribution in [0.15, 0.2) is 109 Å². The van der Waals surface area contributed by atoms with Gasteiger partial charge in [-0.1, -0.05) is 36.4 Å². The van der Waals surface area contributed by atoms with E-state index in [2.05, 4.69) is 106 Å². The van der Waals surface area contributed by atoms with Gasteiger partial charge >= 0.3 is 0 Å². The summed E-state index contributed by atoms with van der Waals surface area (Å²) in [6.45, 7) is 0. The maximum atomic E-state index is 4.58. The van der Waals surface area contributed by atoms with Gasteiger partial charge in [0.25, 0.3) is 0 Å². The van der Waals surface area contributed by atoms with Crippen LogP contribution in [0.1, 0.15) is 0 Å². The summed E-state index contributed by atoms with van der Waals surface area (Å²) in [5.74, 6) is 0. The molecule has 38 heavy (non-hydrogen) atoms. The van der Waals surface area contributed by atoms with Crippen molar-refractivity contribution in [3.63, 3.8) is 0 Å². The summed E-state index contributed by atoms with van der Waals surface area (Å²) in [4.78, 5) is 9.17. The molecule has 0 radical (unpaired) electrons. The number of nitrogens with zero attached hydrogens (tertiary/aromatic N) is 4. The van der Waals surface area contributed by atoms with Crippen molar-refractivity contribution in [1.82, 2.24) is 19.1 Å². The molecule has 4 aromatic heterocycles. The summed E-state index contributed by atoms with van der Waals surface area (Å²) in [6.07, 6.45) is 3.70. The van der Waals surface area contributed by atoms with Gasteiger partial charge in [-0.05, 0) is 93.0 Å².